The van der Waals surface area contributed by atoms with Crippen molar-refractivity contribution in [3.63, 3.8) is 0 Å². The van der Waals surface area contributed by atoms with E-state index in [9.17, 15) is 4.79 Å². The monoisotopic (exact) mass is 339 g/mol. The van der Waals surface area contributed by atoms with Gasteiger partial charge in [0, 0.05) is 18.9 Å². The summed E-state index contributed by atoms with van der Waals surface area (Å²) in [5.74, 6) is 0.996. The zero-order valence-electron chi connectivity index (χ0n) is 14.2. The van der Waals surface area contributed by atoms with Crippen molar-refractivity contribution in [2.24, 2.45) is 0 Å². The number of carbonyl (C=O) groups is 1. The molecule has 1 saturated heterocycles. The van der Waals surface area contributed by atoms with Crippen LogP contribution in [0.15, 0.2) is 42.9 Å². The molecule has 1 saturated carbocycles. The molecule has 130 valence electrons. The molecule has 2 fully saturated rings. The molecule has 4 rings (SSSR count). The minimum absolute atomic E-state index is 0.190. The fraction of sp³-hybridized carbons (Fsp3) is 0.421. The Morgan fingerprint density at radius 2 is 2.08 bits per heavy atom. The van der Waals surface area contributed by atoms with E-state index in [1.807, 2.05) is 29.2 Å². The zero-order chi connectivity index (χ0) is 17.3. The SMILES string of the molecule is COc1ccc(C2(C(=O)N3CCO[C@H](c4cnccn4)C3)CC2)cc1. The molecule has 0 radical (unpaired) electrons. The summed E-state index contributed by atoms with van der Waals surface area (Å²) in [6.45, 7) is 1.66. The second kappa shape index (κ2) is 6.44. The summed E-state index contributed by atoms with van der Waals surface area (Å²) in [7, 11) is 1.65. The summed E-state index contributed by atoms with van der Waals surface area (Å²) >= 11 is 0. The lowest BCUT2D eigenvalue weighted by molar-refractivity contribution is -0.142. The van der Waals surface area contributed by atoms with Crippen molar-refractivity contribution in [3.8, 4) is 5.75 Å². The minimum atomic E-state index is -0.378. The maximum atomic E-state index is 13.2. The van der Waals surface area contributed by atoms with E-state index in [1.165, 1.54) is 0 Å². The van der Waals surface area contributed by atoms with Crippen LogP contribution in [0.25, 0.3) is 0 Å². The molecule has 1 aromatic carbocycles. The third kappa shape index (κ3) is 2.98. The standard InChI is InChI=1S/C19H21N3O3/c1-24-15-4-2-14(3-5-15)19(6-7-19)18(23)22-10-11-25-17(13-22)16-12-20-8-9-21-16/h2-5,8-9,12,17H,6-7,10-11,13H2,1H3/t17-/m0/s1. The first-order chi connectivity index (χ1) is 12.2. The second-order valence-corrected chi connectivity index (χ2v) is 6.55. The van der Waals surface area contributed by atoms with Gasteiger partial charge in [-0.25, -0.2) is 0 Å². The van der Waals surface area contributed by atoms with Crippen LogP contribution in [0.4, 0.5) is 0 Å². The van der Waals surface area contributed by atoms with Gasteiger partial charge in [0.2, 0.25) is 5.91 Å². The van der Waals surface area contributed by atoms with Crippen molar-refractivity contribution in [2.75, 3.05) is 26.8 Å². The van der Waals surface area contributed by atoms with Crippen LogP contribution in [0.3, 0.4) is 0 Å². The van der Waals surface area contributed by atoms with E-state index in [0.29, 0.717) is 19.7 Å². The van der Waals surface area contributed by atoms with Crippen LogP contribution in [-0.4, -0.2) is 47.6 Å². The lowest BCUT2D eigenvalue weighted by Gasteiger charge is -2.35. The van der Waals surface area contributed by atoms with Crippen LogP contribution in [-0.2, 0) is 14.9 Å². The van der Waals surface area contributed by atoms with E-state index in [4.69, 9.17) is 9.47 Å². The van der Waals surface area contributed by atoms with E-state index < -0.39 is 0 Å². The molecular formula is C19H21N3O3. The topological polar surface area (TPSA) is 64.5 Å². The molecule has 6 nitrogen and oxygen atoms in total. The number of rotatable bonds is 4. The van der Waals surface area contributed by atoms with E-state index in [2.05, 4.69) is 9.97 Å². The zero-order valence-corrected chi connectivity index (χ0v) is 14.2. The summed E-state index contributed by atoms with van der Waals surface area (Å²) in [6.07, 6.45) is 6.57. The number of hydrogen-bond acceptors (Lipinski definition) is 5. The van der Waals surface area contributed by atoms with Crippen LogP contribution in [0.5, 0.6) is 5.75 Å². The summed E-state index contributed by atoms with van der Waals surface area (Å²) in [6, 6.07) is 7.85. The summed E-state index contributed by atoms with van der Waals surface area (Å²) in [5, 5.41) is 0. The molecule has 2 heterocycles. The minimum Gasteiger partial charge on any atom is -0.497 e. The van der Waals surface area contributed by atoms with Gasteiger partial charge in [-0.05, 0) is 30.5 Å². The Bertz CT molecular complexity index is 744. The predicted octanol–water partition coefficient (Wildman–Crippen LogP) is 2.12. The van der Waals surface area contributed by atoms with E-state index in [1.54, 1.807) is 25.7 Å². The number of morpholine rings is 1. The molecular weight excluding hydrogens is 318 g/mol. The predicted molar refractivity (Wildman–Crippen MR) is 91.2 cm³/mol. The number of aromatic nitrogens is 2. The van der Waals surface area contributed by atoms with Crippen molar-refractivity contribution >= 4 is 5.91 Å². The van der Waals surface area contributed by atoms with E-state index in [0.717, 1.165) is 29.8 Å². The Morgan fingerprint density at radius 1 is 1.28 bits per heavy atom. The van der Waals surface area contributed by atoms with Crippen LogP contribution in [0, 0.1) is 0 Å². The summed E-state index contributed by atoms with van der Waals surface area (Å²) < 4.78 is 11.0. The molecule has 0 bridgehead atoms. The summed E-state index contributed by atoms with van der Waals surface area (Å²) in [4.78, 5) is 23.5. The summed E-state index contributed by atoms with van der Waals surface area (Å²) in [5.41, 5.74) is 1.46. The Labute approximate surface area is 146 Å². The Hall–Kier alpha value is -2.47. The molecule has 1 amide bonds. The Balaban J connectivity index is 1.51. The van der Waals surface area contributed by atoms with Gasteiger partial charge in [-0.3, -0.25) is 14.8 Å². The average Bonchev–Trinajstić information content (AvgIpc) is 3.50. The van der Waals surface area contributed by atoms with Gasteiger partial charge in [0.1, 0.15) is 11.9 Å². The van der Waals surface area contributed by atoms with Gasteiger partial charge < -0.3 is 14.4 Å². The largest absolute Gasteiger partial charge is 0.497 e. The van der Waals surface area contributed by atoms with E-state index in [-0.39, 0.29) is 17.4 Å². The van der Waals surface area contributed by atoms with Gasteiger partial charge in [0.05, 0.1) is 37.6 Å². The molecule has 0 N–H and O–H groups in total. The van der Waals surface area contributed by atoms with Crippen molar-refractivity contribution in [1.82, 2.24) is 14.9 Å². The molecule has 1 atom stereocenters. The number of hydrogen-bond donors (Lipinski definition) is 0. The third-order valence-electron chi connectivity index (χ3n) is 5.07. The number of methoxy groups -OCH3 is 1. The normalized spacial score (nSPS) is 21.6. The molecule has 1 aromatic heterocycles. The van der Waals surface area contributed by atoms with Crippen LogP contribution >= 0.6 is 0 Å². The molecule has 0 unspecified atom stereocenters. The lowest BCUT2D eigenvalue weighted by atomic mass is 9.93. The highest BCUT2D eigenvalue weighted by molar-refractivity contribution is 5.91. The van der Waals surface area contributed by atoms with Crippen molar-refractivity contribution in [2.45, 2.75) is 24.4 Å². The van der Waals surface area contributed by atoms with Gasteiger partial charge >= 0.3 is 0 Å². The van der Waals surface area contributed by atoms with Crippen molar-refractivity contribution < 1.29 is 14.3 Å². The average molecular weight is 339 g/mol. The maximum absolute atomic E-state index is 13.2. The van der Waals surface area contributed by atoms with Crippen molar-refractivity contribution in [1.29, 1.82) is 0 Å². The molecule has 1 aliphatic carbocycles. The van der Waals surface area contributed by atoms with Crippen molar-refractivity contribution in [3.05, 3.63) is 54.1 Å². The number of benzene rings is 1. The number of ether oxygens (including phenoxy) is 2. The van der Waals surface area contributed by atoms with Gasteiger partial charge in [0.15, 0.2) is 0 Å². The first kappa shape index (κ1) is 16.0. The van der Waals surface area contributed by atoms with Gasteiger partial charge in [-0.1, -0.05) is 12.1 Å². The van der Waals surface area contributed by atoms with Crippen LogP contribution in [0.1, 0.15) is 30.2 Å². The Kier molecular flexibility index (Phi) is 4.13. The molecule has 0 spiro atoms. The Morgan fingerprint density at radius 3 is 2.72 bits per heavy atom. The van der Waals surface area contributed by atoms with Crippen LogP contribution in [0.2, 0.25) is 0 Å². The third-order valence-corrected chi connectivity index (χ3v) is 5.07. The van der Waals surface area contributed by atoms with Gasteiger partial charge in [0.25, 0.3) is 0 Å². The first-order valence-electron chi connectivity index (χ1n) is 8.54. The maximum Gasteiger partial charge on any atom is 0.233 e. The smallest absolute Gasteiger partial charge is 0.233 e. The lowest BCUT2D eigenvalue weighted by Crippen LogP contribution is -2.47. The molecule has 6 heteroatoms. The number of amides is 1. The number of nitrogens with zero attached hydrogens (tertiary/aromatic N) is 3. The molecule has 25 heavy (non-hydrogen) atoms. The quantitative estimate of drug-likeness (QED) is 0.854. The van der Waals surface area contributed by atoms with Crippen LogP contribution < -0.4 is 4.74 Å². The van der Waals surface area contributed by atoms with E-state index >= 15 is 0 Å². The highest BCUT2D eigenvalue weighted by Gasteiger charge is 2.53. The molecule has 1 aliphatic heterocycles. The molecule has 2 aromatic rings. The highest BCUT2D eigenvalue weighted by Crippen LogP contribution is 2.50. The second-order valence-electron chi connectivity index (χ2n) is 6.55. The number of carbonyl (C=O) groups excluding carboxylic acids is 1. The fourth-order valence-electron chi connectivity index (χ4n) is 3.45. The first-order valence-corrected chi connectivity index (χ1v) is 8.54. The molecule has 2 aliphatic rings. The highest BCUT2D eigenvalue weighted by atomic mass is 16.5. The van der Waals surface area contributed by atoms with Gasteiger partial charge in [-0.2, -0.15) is 0 Å². The van der Waals surface area contributed by atoms with Gasteiger partial charge in [-0.15, -0.1) is 0 Å². The fourth-order valence-corrected chi connectivity index (χ4v) is 3.45.